The number of aliphatic imine (C=N–C) groups is 1. The zero-order valence-electron chi connectivity index (χ0n) is 10.8. The van der Waals surface area contributed by atoms with Crippen molar-refractivity contribution in [2.75, 3.05) is 27.4 Å². The predicted octanol–water partition coefficient (Wildman–Crippen LogP) is 2.51. The highest BCUT2D eigenvalue weighted by Crippen LogP contribution is 2.28. The molecule has 0 heterocycles. The molecule has 0 amide bonds. The molecule has 1 aromatic carbocycles. The van der Waals surface area contributed by atoms with E-state index in [2.05, 4.69) is 4.99 Å². The Morgan fingerprint density at radius 3 is 2.47 bits per heavy atom. The molecule has 4 nitrogen and oxygen atoms in total. The fraction of sp³-hybridized carbons (Fsp3) is 0.462. The Bertz CT molecular complexity index is 388. The summed E-state index contributed by atoms with van der Waals surface area (Å²) in [6.45, 7) is 5.06. The highest BCUT2D eigenvalue weighted by atomic mass is 16.5. The fourth-order valence-corrected chi connectivity index (χ4v) is 1.49. The topological polar surface area (TPSA) is 40.0 Å². The molecule has 0 fully saturated rings. The van der Waals surface area contributed by atoms with Crippen LogP contribution in [-0.4, -0.2) is 33.3 Å². The Morgan fingerprint density at radius 1 is 1.18 bits per heavy atom. The van der Waals surface area contributed by atoms with E-state index < -0.39 is 0 Å². The first-order valence-electron chi connectivity index (χ1n) is 5.67. The van der Waals surface area contributed by atoms with Crippen LogP contribution < -0.4 is 9.47 Å². The number of nitrogens with zero attached hydrogens (tertiary/aromatic N) is 1. The first kappa shape index (κ1) is 13.4. The number of hydrogen-bond acceptors (Lipinski definition) is 4. The van der Waals surface area contributed by atoms with Gasteiger partial charge in [-0.2, -0.15) is 0 Å². The molecule has 0 aliphatic rings. The van der Waals surface area contributed by atoms with Crippen LogP contribution in [0.25, 0.3) is 0 Å². The van der Waals surface area contributed by atoms with Crippen LogP contribution in [0.3, 0.4) is 0 Å². The summed E-state index contributed by atoms with van der Waals surface area (Å²) in [5.41, 5.74) is 0.884. The van der Waals surface area contributed by atoms with Gasteiger partial charge in [-0.3, -0.25) is 4.99 Å². The summed E-state index contributed by atoms with van der Waals surface area (Å²) < 4.78 is 16.2. The van der Waals surface area contributed by atoms with Crippen molar-refractivity contribution in [1.82, 2.24) is 0 Å². The standard InChI is InChI=1S/C13H19NO3/c1-5-16-11-8-7-10(9-12(11)15-4)13(14-3)17-6-2/h7-9H,5-6H2,1-4H3. The van der Waals surface area contributed by atoms with Crippen molar-refractivity contribution in [2.45, 2.75) is 13.8 Å². The van der Waals surface area contributed by atoms with E-state index in [-0.39, 0.29) is 0 Å². The van der Waals surface area contributed by atoms with E-state index >= 15 is 0 Å². The van der Waals surface area contributed by atoms with E-state index in [0.29, 0.717) is 24.9 Å². The van der Waals surface area contributed by atoms with Crippen molar-refractivity contribution in [1.29, 1.82) is 0 Å². The average Bonchev–Trinajstić information content (AvgIpc) is 2.37. The van der Waals surface area contributed by atoms with Gasteiger partial charge in [0.15, 0.2) is 11.5 Å². The van der Waals surface area contributed by atoms with Crippen molar-refractivity contribution >= 4 is 5.90 Å². The first-order chi connectivity index (χ1) is 8.26. The molecule has 0 bridgehead atoms. The van der Waals surface area contributed by atoms with Crippen molar-refractivity contribution < 1.29 is 14.2 Å². The maximum atomic E-state index is 5.45. The van der Waals surface area contributed by atoms with Gasteiger partial charge >= 0.3 is 0 Å². The minimum atomic E-state index is 0.586. The average molecular weight is 237 g/mol. The SMILES string of the molecule is CCOC(=NC)c1ccc(OCC)c(OC)c1. The van der Waals surface area contributed by atoms with E-state index in [1.165, 1.54) is 0 Å². The maximum Gasteiger partial charge on any atom is 0.215 e. The zero-order chi connectivity index (χ0) is 12.7. The van der Waals surface area contributed by atoms with Gasteiger partial charge in [0.05, 0.1) is 20.3 Å². The van der Waals surface area contributed by atoms with E-state index in [0.717, 1.165) is 11.3 Å². The van der Waals surface area contributed by atoms with Crippen LogP contribution >= 0.6 is 0 Å². The van der Waals surface area contributed by atoms with Gasteiger partial charge in [0, 0.05) is 12.6 Å². The van der Waals surface area contributed by atoms with Crippen LogP contribution in [0.2, 0.25) is 0 Å². The number of methoxy groups -OCH3 is 1. The van der Waals surface area contributed by atoms with E-state index in [1.807, 2.05) is 32.0 Å². The van der Waals surface area contributed by atoms with Crippen LogP contribution in [-0.2, 0) is 4.74 Å². The number of hydrogen-bond donors (Lipinski definition) is 0. The molecular weight excluding hydrogens is 218 g/mol. The van der Waals surface area contributed by atoms with Crippen molar-refractivity contribution in [3.8, 4) is 11.5 Å². The van der Waals surface area contributed by atoms with Gasteiger partial charge in [0.2, 0.25) is 5.90 Å². The summed E-state index contributed by atoms with van der Waals surface area (Å²) in [5, 5.41) is 0. The van der Waals surface area contributed by atoms with Crippen molar-refractivity contribution in [3.05, 3.63) is 23.8 Å². The molecule has 4 heteroatoms. The van der Waals surface area contributed by atoms with E-state index in [9.17, 15) is 0 Å². The summed E-state index contributed by atoms with van der Waals surface area (Å²) in [4.78, 5) is 4.10. The molecule has 0 atom stereocenters. The minimum absolute atomic E-state index is 0.586. The van der Waals surface area contributed by atoms with Crippen LogP contribution in [0.15, 0.2) is 23.2 Å². The van der Waals surface area contributed by atoms with Gasteiger partial charge in [0.25, 0.3) is 0 Å². The third-order valence-electron chi connectivity index (χ3n) is 2.19. The maximum absolute atomic E-state index is 5.45. The Kier molecular flexibility index (Phi) is 5.33. The summed E-state index contributed by atoms with van der Waals surface area (Å²) >= 11 is 0. The molecule has 0 radical (unpaired) electrons. The molecule has 0 aliphatic carbocycles. The lowest BCUT2D eigenvalue weighted by Crippen LogP contribution is -2.07. The Morgan fingerprint density at radius 2 is 1.94 bits per heavy atom. The molecule has 1 aromatic rings. The van der Waals surface area contributed by atoms with Crippen LogP contribution in [0.5, 0.6) is 11.5 Å². The first-order valence-corrected chi connectivity index (χ1v) is 5.67. The number of rotatable bonds is 5. The Balaban J connectivity index is 3.03. The molecular formula is C13H19NO3. The fourth-order valence-electron chi connectivity index (χ4n) is 1.49. The van der Waals surface area contributed by atoms with Crippen LogP contribution in [0.4, 0.5) is 0 Å². The van der Waals surface area contributed by atoms with E-state index in [1.54, 1.807) is 14.2 Å². The molecule has 0 aromatic heterocycles. The second-order valence-electron chi connectivity index (χ2n) is 3.26. The molecule has 0 spiro atoms. The molecule has 0 saturated carbocycles. The number of ether oxygens (including phenoxy) is 3. The van der Waals surface area contributed by atoms with E-state index in [4.69, 9.17) is 14.2 Å². The van der Waals surface area contributed by atoms with Gasteiger partial charge in [-0.25, -0.2) is 0 Å². The predicted molar refractivity (Wildman–Crippen MR) is 68.3 cm³/mol. The van der Waals surface area contributed by atoms with Crippen molar-refractivity contribution in [2.24, 2.45) is 4.99 Å². The lowest BCUT2D eigenvalue weighted by molar-refractivity contribution is 0.310. The minimum Gasteiger partial charge on any atom is -0.493 e. The highest BCUT2D eigenvalue weighted by molar-refractivity contribution is 5.94. The number of benzene rings is 1. The molecule has 94 valence electrons. The van der Waals surface area contributed by atoms with Gasteiger partial charge in [-0.05, 0) is 32.0 Å². The van der Waals surface area contributed by atoms with Gasteiger partial charge in [0.1, 0.15) is 0 Å². The van der Waals surface area contributed by atoms with Crippen molar-refractivity contribution in [3.63, 3.8) is 0 Å². The summed E-state index contributed by atoms with van der Waals surface area (Å²) in [7, 11) is 3.32. The lowest BCUT2D eigenvalue weighted by Gasteiger charge is -2.12. The largest absolute Gasteiger partial charge is 0.493 e. The molecule has 0 saturated heterocycles. The normalized spacial score (nSPS) is 11.2. The second-order valence-corrected chi connectivity index (χ2v) is 3.26. The smallest absolute Gasteiger partial charge is 0.215 e. The van der Waals surface area contributed by atoms with Gasteiger partial charge in [-0.1, -0.05) is 0 Å². The summed E-state index contributed by atoms with van der Waals surface area (Å²) in [6, 6.07) is 5.64. The quantitative estimate of drug-likeness (QED) is 0.583. The monoisotopic (exact) mass is 237 g/mol. The molecule has 0 unspecified atom stereocenters. The molecule has 0 N–H and O–H groups in total. The Labute approximate surface area is 102 Å². The Hall–Kier alpha value is -1.71. The molecule has 1 rings (SSSR count). The van der Waals surface area contributed by atoms with Gasteiger partial charge in [-0.15, -0.1) is 0 Å². The lowest BCUT2D eigenvalue weighted by atomic mass is 10.2. The zero-order valence-corrected chi connectivity index (χ0v) is 10.8. The highest BCUT2D eigenvalue weighted by Gasteiger charge is 2.09. The molecule has 0 aliphatic heterocycles. The third kappa shape index (κ3) is 3.37. The second kappa shape index (κ2) is 6.78. The van der Waals surface area contributed by atoms with Crippen LogP contribution in [0.1, 0.15) is 19.4 Å². The molecule has 17 heavy (non-hydrogen) atoms. The van der Waals surface area contributed by atoms with Gasteiger partial charge < -0.3 is 14.2 Å². The third-order valence-corrected chi connectivity index (χ3v) is 2.19. The summed E-state index contributed by atoms with van der Waals surface area (Å²) in [5.74, 6) is 2.02. The summed E-state index contributed by atoms with van der Waals surface area (Å²) in [6.07, 6.45) is 0. The van der Waals surface area contributed by atoms with Crippen LogP contribution in [0, 0.1) is 0 Å².